The molecule has 34 heavy (non-hydrogen) atoms. The van der Waals surface area contributed by atoms with Gasteiger partial charge in [0.1, 0.15) is 18.8 Å². The summed E-state index contributed by atoms with van der Waals surface area (Å²) in [5.41, 5.74) is 0.349. The molecular formula is C24H28N2O8. The average Bonchev–Trinajstić information content (AvgIpc) is 2.78. The number of carbonyl (C=O) groups excluding carboxylic acids is 3. The van der Waals surface area contributed by atoms with E-state index in [9.17, 15) is 24.3 Å². The van der Waals surface area contributed by atoms with Crippen molar-refractivity contribution >= 4 is 24.2 Å². The summed E-state index contributed by atoms with van der Waals surface area (Å²) >= 11 is 0. The van der Waals surface area contributed by atoms with Gasteiger partial charge in [-0.1, -0.05) is 60.7 Å². The van der Waals surface area contributed by atoms with Crippen molar-refractivity contribution in [2.24, 2.45) is 0 Å². The predicted molar refractivity (Wildman–Crippen MR) is 121 cm³/mol. The average molecular weight is 472 g/mol. The van der Waals surface area contributed by atoms with Crippen molar-refractivity contribution in [2.75, 3.05) is 6.54 Å². The second-order valence-electron chi connectivity index (χ2n) is 8.19. The van der Waals surface area contributed by atoms with Crippen molar-refractivity contribution in [3.63, 3.8) is 0 Å². The number of carboxylic acid groups (broad SMARTS) is 1. The van der Waals surface area contributed by atoms with Crippen LogP contribution in [0.5, 0.6) is 0 Å². The van der Waals surface area contributed by atoms with Gasteiger partial charge in [-0.25, -0.2) is 19.2 Å². The number of hydrogen-bond donors (Lipinski definition) is 2. The van der Waals surface area contributed by atoms with Gasteiger partial charge in [0, 0.05) is 0 Å². The van der Waals surface area contributed by atoms with Crippen LogP contribution in [-0.4, -0.2) is 52.4 Å². The SMILES string of the molecule is CC(C)(C)OC(=O)N(C(=O)OCc1ccccc1)[C@@H](CNC(=O)OCc1ccccc1)C(=O)O. The lowest BCUT2D eigenvalue weighted by Gasteiger charge is -2.29. The Labute approximate surface area is 197 Å². The van der Waals surface area contributed by atoms with Crippen LogP contribution in [0.25, 0.3) is 0 Å². The second-order valence-corrected chi connectivity index (χ2v) is 8.19. The van der Waals surface area contributed by atoms with Gasteiger partial charge >= 0.3 is 24.2 Å². The van der Waals surface area contributed by atoms with Crippen LogP contribution in [0.1, 0.15) is 31.9 Å². The van der Waals surface area contributed by atoms with Gasteiger partial charge < -0.3 is 24.6 Å². The molecule has 2 aromatic carbocycles. The number of aliphatic carboxylic acids is 1. The number of rotatable bonds is 8. The Morgan fingerprint density at radius 3 is 1.82 bits per heavy atom. The Balaban J connectivity index is 2.09. The van der Waals surface area contributed by atoms with Crippen LogP contribution >= 0.6 is 0 Å². The highest BCUT2D eigenvalue weighted by molar-refractivity contribution is 5.93. The zero-order chi connectivity index (χ0) is 25.1. The third-order valence-electron chi connectivity index (χ3n) is 4.24. The number of nitrogens with zero attached hydrogens (tertiary/aromatic N) is 1. The first-order valence-electron chi connectivity index (χ1n) is 10.5. The maximum absolute atomic E-state index is 12.7. The van der Waals surface area contributed by atoms with E-state index >= 15 is 0 Å². The highest BCUT2D eigenvalue weighted by Crippen LogP contribution is 2.15. The third-order valence-corrected chi connectivity index (χ3v) is 4.24. The molecule has 0 fully saturated rings. The van der Waals surface area contributed by atoms with E-state index in [1.165, 1.54) is 0 Å². The zero-order valence-electron chi connectivity index (χ0n) is 19.2. The number of ether oxygens (including phenoxy) is 3. The summed E-state index contributed by atoms with van der Waals surface area (Å²) < 4.78 is 15.4. The molecule has 10 heteroatoms. The summed E-state index contributed by atoms with van der Waals surface area (Å²) in [6, 6.07) is 15.7. The first kappa shape index (κ1) is 26.2. The molecule has 0 saturated heterocycles. The van der Waals surface area contributed by atoms with Gasteiger partial charge in [-0.15, -0.1) is 0 Å². The minimum absolute atomic E-state index is 0.0424. The van der Waals surface area contributed by atoms with Gasteiger partial charge in [0.05, 0.1) is 6.54 Å². The third kappa shape index (κ3) is 8.81. The lowest BCUT2D eigenvalue weighted by molar-refractivity contribution is -0.142. The van der Waals surface area contributed by atoms with Gasteiger partial charge in [0.2, 0.25) is 0 Å². The molecule has 2 N–H and O–H groups in total. The Morgan fingerprint density at radius 1 is 0.853 bits per heavy atom. The fraction of sp³-hybridized carbons (Fsp3) is 0.333. The number of amides is 3. The van der Waals surface area contributed by atoms with Gasteiger partial charge in [-0.2, -0.15) is 4.90 Å². The number of carbonyl (C=O) groups is 4. The predicted octanol–water partition coefficient (Wildman–Crippen LogP) is 3.94. The fourth-order valence-corrected chi connectivity index (χ4v) is 2.67. The molecule has 0 aliphatic heterocycles. The Morgan fingerprint density at radius 2 is 1.35 bits per heavy atom. The largest absolute Gasteiger partial charge is 0.480 e. The summed E-state index contributed by atoms with van der Waals surface area (Å²) in [4.78, 5) is 49.8. The first-order valence-corrected chi connectivity index (χ1v) is 10.5. The molecular weight excluding hydrogens is 444 g/mol. The number of carboxylic acids is 1. The number of nitrogens with one attached hydrogen (secondary N) is 1. The summed E-state index contributed by atoms with van der Waals surface area (Å²) in [7, 11) is 0. The molecule has 2 aromatic rings. The number of benzene rings is 2. The summed E-state index contributed by atoms with van der Waals surface area (Å²) in [6.45, 7) is 3.83. The molecule has 0 aliphatic rings. The van der Waals surface area contributed by atoms with Gasteiger partial charge in [-0.05, 0) is 31.9 Å². The van der Waals surface area contributed by atoms with Crippen molar-refractivity contribution in [1.29, 1.82) is 0 Å². The quantitative estimate of drug-likeness (QED) is 0.552. The van der Waals surface area contributed by atoms with Crippen molar-refractivity contribution in [2.45, 2.75) is 45.6 Å². The molecule has 0 aliphatic carbocycles. The van der Waals surface area contributed by atoms with E-state index < -0.39 is 42.4 Å². The molecule has 0 radical (unpaired) electrons. The van der Waals surface area contributed by atoms with E-state index in [-0.39, 0.29) is 13.2 Å². The van der Waals surface area contributed by atoms with Crippen LogP contribution in [0.4, 0.5) is 14.4 Å². The Hall–Kier alpha value is -4.08. The van der Waals surface area contributed by atoms with Crippen LogP contribution < -0.4 is 5.32 Å². The lowest BCUT2D eigenvalue weighted by Crippen LogP contribution is -2.55. The molecule has 10 nitrogen and oxygen atoms in total. The summed E-state index contributed by atoms with van der Waals surface area (Å²) in [5.74, 6) is -1.55. The molecule has 0 heterocycles. The highest BCUT2D eigenvalue weighted by atomic mass is 16.6. The minimum Gasteiger partial charge on any atom is -0.480 e. The molecule has 0 bridgehead atoms. The van der Waals surface area contributed by atoms with Gasteiger partial charge in [0.15, 0.2) is 6.04 Å². The van der Waals surface area contributed by atoms with Crippen LogP contribution in [0.3, 0.4) is 0 Å². The topological polar surface area (TPSA) is 131 Å². The van der Waals surface area contributed by atoms with E-state index in [0.29, 0.717) is 10.5 Å². The number of hydrogen-bond acceptors (Lipinski definition) is 7. The maximum atomic E-state index is 12.7. The molecule has 0 saturated carbocycles. The van der Waals surface area contributed by atoms with Crippen molar-refractivity contribution in [3.05, 3.63) is 71.8 Å². The second kappa shape index (κ2) is 12.2. The van der Waals surface area contributed by atoms with Crippen LogP contribution in [0, 0.1) is 0 Å². The zero-order valence-corrected chi connectivity index (χ0v) is 19.2. The first-order chi connectivity index (χ1) is 16.1. The smallest absolute Gasteiger partial charge is 0.420 e. The normalized spacial score (nSPS) is 11.6. The van der Waals surface area contributed by atoms with Crippen LogP contribution in [0.2, 0.25) is 0 Å². The van der Waals surface area contributed by atoms with Crippen LogP contribution in [-0.2, 0) is 32.2 Å². The molecule has 0 spiro atoms. The van der Waals surface area contributed by atoms with Crippen molar-refractivity contribution in [1.82, 2.24) is 10.2 Å². The summed E-state index contributed by atoms with van der Waals surface area (Å²) in [5, 5.41) is 12.0. The minimum atomic E-state index is -1.80. The molecule has 182 valence electrons. The fourth-order valence-electron chi connectivity index (χ4n) is 2.67. The van der Waals surface area contributed by atoms with Gasteiger partial charge in [-0.3, -0.25) is 0 Å². The van der Waals surface area contributed by atoms with E-state index in [1.54, 1.807) is 75.4 Å². The van der Waals surface area contributed by atoms with E-state index in [1.807, 2.05) is 6.07 Å². The van der Waals surface area contributed by atoms with E-state index in [0.717, 1.165) is 5.56 Å². The molecule has 1 atom stereocenters. The Bertz CT molecular complexity index is 973. The maximum Gasteiger partial charge on any atom is 0.420 e. The molecule has 0 unspecified atom stereocenters. The Kier molecular flexibility index (Phi) is 9.42. The van der Waals surface area contributed by atoms with Crippen molar-refractivity contribution in [3.8, 4) is 0 Å². The van der Waals surface area contributed by atoms with E-state index in [2.05, 4.69) is 5.32 Å². The molecule has 0 aromatic heterocycles. The number of alkyl carbamates (subject to hydrolysis) is 1. The molecule has 3 amide bonds. The van der Waals surface area contributed by atoms with Crippen molar-refractivity contribution < 1.29 is 38.5 Å². The van der Waals surface area contributed by atoms with Gasteiger partial charge in [0.25, 0.3) is 0 Å². The standard InChI is InChI=1S/C24H28N2O8/c1-24(2,3)34-23(31)26(22(30)33-16-18-12-8-5-9-13-18)19(20(27)28)14-25-21(29)32-15-17-10-6-4-7-11-17/h4-13,19H,14-16H2,1-3H3,(H,25,29)(H,27,28)/t19-/m0/s1. The van der Waals surface area contributed by atoms with Crippen LogP contribution in [0.15, 0.2) is 60.7 Å². The number of imide groups is 1. The van der Waals surface area contributed by atoms with E-state index in [4.69, 9.17) is 14.2 Å². The molecule has 2 rings (SSSR count). The lowest BCUT2D eigenvalue weighted by atomic mass is 10.2. The monoisotopic (exact) mass is 472 g/mol. The highest BCUT2D eigenvalue weighted by Gasteiger charge is 2.39. The summed E-state index contributed by atoms with van der Waals surface area (Å²) in [6.07, 6.45) is -3.38.